The highest BCUT2D eigenvalue weighted by atomic mass is 32.2. The number of allylic oxidation sites excluding steroid dienone is 2. The Labute approximate surface area is 181 Å². The van der Waals surface area contributed by atoms with Crippen molar-refractivity contribution in [2.24, 2.45) is 11.1 Å². The molecule has 0 radical (unpaired) electrons. The van der Waals surface area contributed by atoms with Gasteiger partial charge in [0.2, 0.25) is 17.8 Å². The smallest absolute Gasteiger partial charge is 0.274 e. The molecule has 1 saturated heterocycles. The molecule has 0 saturated carbocycles. The summed E-state index contributed by atoms with van der Waals surface area (Å²) in [5.41, 5.74) is 13.0. The van der Waals surface area contributed by atoms with Crippen molar-refractivity contribution in [1.82, 2.24) is 20.3 Å². The maximum Gasteiger partial charge on any atom is 0.274 e. The summed E-state index contributed by atoms with van der Waals surface area (Å²) in [4.78, 5) is 23.9. The van der Waals surface area contributed by atoms with Crippen molar-refractivity contribution >= 4 is 38.9 Å². The number of carbonyl (C=O) groups is 1. The fraction of sp³-hybridized carbons (Fsp3) is 0.550. The third-order valence-electron chi connectivity index (χ3n) is 4.38. The van der Waals surface area contributed by atoms with Crippen LogP contribution in [0.15, 0.2) is 22.8 Å². The highest BCUT2D eigenvalue weighted by Gasteiger charge is 2.13. The van der Waals surface area contributed by atoms with Crippen molar-refractivity contribution in [3.8, 4) is 0 Å². The van der Waals surface area contributed by atoms with E-state index in [0.29, 0.717) is 11.9 Å². The van der Waals surface area contributed by atoms with Gasteiger partial charge in [0.05, 0.1) is 5.70 Å². The summed E-state index contributed by atoms with van der Waals surface area (Å²) in [6, 6.07) is 0. The Balaban J connectivity index is 0.000000558. The lowest BCUT2D eigenvalue weighted by molar-refractivity contribution is 0.267. The van der Waals surface area contributed by atoms with Gasteiger partial charge in [-0.25, -0.2) is 0 Å². The molecule has 10 heteroatoms. The number of aromatic nitrogens is 3. The van der Waals surface area contributed by atoms with E-state index in [0.717, 1.165) is 24.2 Å². The maximum atomic E-state index is 11.4. The monoisotopic (exact) mass is 434 g/mol. The number of anilines is 3. The highest BCUT2D eigenvalue weighted by molar-refractivity contribution is 8.30. The average Bonchev–Trinajstić information content (AvgIpc) is 3.22. The topological polar surface area (TPSA) is 144 Å². The van der Waals surface area contributed by atoms with Gasteiger partial charge in [-0.15, -0.1) is 0 Å². The Morgan fingerprint density at radius 2 is 1.87 bits per heavy atom. The first-order valence-corrected chi connectivity index (χ1v) is 11.5. The summed E-state index contributed by atoms with van der Waals surface area (Å²) < 4.78 is 0. The number of carbonyl (C=O) groups excluding carboxylic acids is 1. The Bertz CT molecular complexity index is 830. The first-order valence-electron chi connectivity index (χ1n) is 10.1. The van der Waals surface area contributed by atoms with Crippen LogP contribution in [0.4, 0.5) is 22.6 Å². The molecule has 1 unspecified atom stereocenters. The van der Waals surface area contributed by atoms with Crippen LogP contribution < -0.4 is 27.4 Å². The van der Waals surface area contributed by atoms with Gasteiger partial charge >= 0.3 is 0 Å². The molecule has 1 atom stereocenters. The number of nitrogens with two attached hydrogens (primary N) is 2. The number of hydrogen-bond acceptors (Lipinski definition) is 8. The second kappa shape index (κ2) is 11.1. The van der Waals surface area contributed by atoms with Crippen LogP contribution in [-0.2, 0) is 0 Å². The lowest BCUT2D eigenvalue weighted by atomic mass is 9.92. The van der Waals surface area contributed by atoms with Crippen molar-refractivity contribution in [3.05, 3.63) is 22.8 Å². The lowest BCUT2D eigenvalue weighted by Gasteiger charge is -2.18. The molecule has 0 aromatic carbocycles. The molecule has 0 spiro atoms. The van der Waals surface area contributed by atoms with Crippen LogP contribution >= 0.6 is 10.5 Å². The number of nitrogen functional groups attached to an aromatic ring is 1. The molecule has 3 rings (SSSR count). The number of nitrogens with one attached hydrogen (secondary N) is 3. The predicted octanol–water partition coefficient (Wildman–Crippen LogP) is 3.03. The van der Waals surface area contributed by atoms with Gasteiger partial charge < -0.3 is 27.4 Å². The molecule has 7 N–H and O–H groups in total. The molecule has 1 aromatic heterocycles. The standard InChI is InChI=1S/C16H25N7OS.C4H9N/c1-10-5-8-25(13(18)24)9-11(10)20-15-22-12(17)21-14(23-15)19-7-6-16(2,3)4;1-2-4-5-3-1/h5,8-9H,6-7H2,1-4H3,(H2,18,24)(H4,17,19,20,21,22,23);5H,1-4H2. The first kappa shape index (κ1) is 23.8. The summed E-state index contributed by atoms with van der Waals surface area (Å²) in [5, 5.41) is 12.6. The summed E-state index contributed by atoms with van der Waals surface area (Å²) in [6.07, 6.45) is 5.59. The largest absolute Gasteiger partial charge is 0.368 e. The Hall–Kier alpha value is -2.46. The third-order valence-corrected chi connectivity index (χ3v) is 5.76. The first-order chi connectivity index (χ1) is 14.1. The van der Waals surface area contributed by atoms with Crippen molar-refractivity contribution in [2.45, 2.75) is 47.0 Å². The number of nitrogens with zero attached hydrogens (tertiary/aromatic N) is 3. The second-order valence-corrected chi connectivity index (χ2v) is 10.0. The molecule has 1 amide bonds. The molecule has 3 heterocycles. The maximum absolute atomic E-state index is 11.4. The van der Waals surface area contributed by atoms with E-state index in [2.05, 4.69) is 51.7 Å². The van der Waals surface area contributed by atoms with E-state index in [4.69, 9.17) is 11.5 Å². The molecule has 9 nitrogen and oxygen atoms in total. The van der Waals surface area contributed by atoms with Crippen LogP contribution in [0, 0.1) is 5.41 Å². The van der Waals surface area contributed by atoms with Crippen LogP contribution in [0.1, 0.15) is 47.0 Å². The van der Waals surface area contributed by atoms with Gasteiger partial charge in [-0.3, -0.25) is 4.79 Å². The Kier molecular flexibility index (Phi) is 8.79. The summed E-state index contributed by atoms with van der Waals surface area (Å²) in [6.45, 7) is 11.7. The van der Waals surface area contributed by atoms with E-state index in [-0.39, 0.29) is 16.6 Å². The lowest BCUT2D eigenvalue weighted by Crippen LogP contribution is -2.16. The van der Waals surface area contributed by atoms with E-state index in [1.165, 1.54) is 25.9 Å². The minimum Gasteiger partial charge on any atom is -0.368 e. The zero-order chi connectivity index (χ0) is 22.1. The Morgan fingerprint density at radius 1 is 1.20 bits per heavy atom. The van der Waals surface area contributed by atoms with E-state index in [9.17, 15) is 4.79 Å². The molecular formula is C20H34N8OS. The molecule has 0 bridgehead atoms. The highest BCUT2D eigenvalue weighted by Crippen LogP contribution is 2.26. The minimum absolute atomic E-state index is 0.120. The number of amides is 1. The van der Waals surface area contributed by atoms with E-state index in [1.807, 2.05) is 13.0 Å². The van der Waals surface area contributed by atoms with Crippen molar-refractivity contribution < 1.29 is 4.79 Å². The van der Waals surface area contributed by atoms with E-state index < -0.39 is 10.5 Å². The summed E-state index contributed by atoms with van der Waals surface area (Å²) >= 11 is 0. The fourth-order valence-corrected chi connectivity index (χ4v) is 3.78. The molecule has 1 aromatic rings. The molecule has 166 valence electrons. The number of rotatable bonds is 5. The van der Waals surface area contributed by atoms with Gasteiger partial charge in [-0.2, -0.15) is 15.0 Å². The molecular weight excluding hydrogens is 400 g/mol. The van der Waals surface area contributed by atoms with Crippen LogP contribution in [0.2, 0.25) is 0 Å². The zero-order valence-corrected chi connectivity index (χ0v) is 19.1. The van der Waals surface area contributed by atoms with Gasteiger partial charge in [-0.05, 0) is 61.0 Å². The van der Waals surface area contributed by atoms with Crippen molar-refractivity contribution in [2.75, 3.05) is 36.0 Å². The van der Waals surface area contributed by atoms with Gasteiger partial charge in [0, 0.05) is 6.54 Å². The normalized spacial score (nSPS) is 18.3. The van der Waals surface area contributed by atoms with Gasteiger partial charge in [-0.1, -0.05) is 37.3 Å². The summed E-state index contributed by atoms with van der Waals surface area (Å²) in [5.74, 6) is 0.853. The van der Waals surface area contributed by atoms with Crippen LogP contribution in [0.5, 0.6) is 0 Å². The van der Waals surface area contributed by atoms with Crippen LogP contribution in [-0.4, -0.2) is 45.2 Å². The number of primary amides is 1. The predicted molar refractivity (Wildman–Crippen MR) is 128 cm³/mol. The Morgan fingerprint density at radius 3 is 2.43 bits per heavy atom. The van der Waals surface area contributed by atoms with Crippen molar-refractivity contribution in [1.29, 1.82) is 0 Å². The minimum atomic E-state index is -0.751. The quantitative estimate of drug-likeness (QED) is 0.445. The fourth-order valence-electron chi connectivity index (χ4n) is 2.60. The summed E-state index contributed by atoms with van der Waals surface area (Å²) in [7, 11) is -0.751. The molecule has 2 aliphatic rings. The van der Waals surface area contributed by atoms with Crippen molar-refractivity contribution in [3.63, 3.8) is 0 Å². The SMILES string of the molecule is C1CCNC1.CC1=CC=S(C(N)=O)C=C1Nc1nc(N)nc(NCCC(C)(C)C)n1. The third kappa shape index (κ3) is 8.50. The molecule has 1 fully saturated rings. The van der Waals surface area contributed by atoms with Crippen LogP contribution in [0.25, 0.3) is 0 Å². The van der Waals surface area contributed by atoms with Gasteiger partial charge in [0.25, 0.3) is 5.24 Å². The zero-order valence-electron chi connectivity index (χ0n) is 18.3. The molecule has 0 aliphatic carbocycles. The average molecular weight is 435 g/mol. The van der Waals surface area contributed by atoms with E-state index >= 15 is 0 Å². The van der Waals surface area contributed by atoms with Crippen LogP contribution in [0.3, 0.4) is 0 Å². The second-order valence-electron chi connectivity index (χ2n) is 8.37. The van der Waals surface area contributed by atoms with Gasteiger partial charge in [0.15, 0.2) is 0 Å². The van der Waals surface area contributed by atoms with Gasteiger partial charge in [0.1, 0.15) is 0 Å². The van der Waals surface area contributed by atoms with E-state index in [1.54, 1.807) is 10.8 Å². The molecule has 2 aliphatic heterocycles. The number of hydrogen-bond donors (Lipinski definition) is 5. The molecule has 30 heavy (non-hydrogen) atoms.